The van der Waals surface area contributed by atoms with Crippen molar-refractivity contribution in [1.82, 2.24) is 20.1 Å². The zero-order valence-electron chi connectivity index (χ0n) is 13.5. The molecule has 25 heavy (non-hydrogen) atoms. The molecule has 1 amide bonds. The van der Waals surface area contributed by atoms with E-state index < -0.39 is 0 Å². The number of amides is 1. The standard InChI is InChI=1S/C19H17ClN4O/c20-16-3-1-13(2-4-16)15-7-10-24(12-15)19(25)18-11-17(22-23-18)14-5-8-21-9-6-14/h1-6,8-9,11,15H,7,10,12H2,(H,22,23)/t15-/m1/s1. The van der Waals surface area contributed by atoms with Crippen molar-refractivity contribution in [3.8, 4) is 11.3 Å². The van der Waals surface area contributed by atoms with E-state index in [0.717, 1.165) is 29.2 Å². The van der Waals surface area contributed by atoms with Crippen molar-refractivity contribution in [2.24, 2.45) is 0 Å². The van der Waals surface area contributed by atoms with Gasteiger partial charge in [-0.2, -0.15) is 5.10 Å². The number of aromatic amines is 1. The lowest BCUT2D eigenvalue weighted by Gasteiger charge is -2.15. The Labute approximate surface area is 150 Å². The Kier molecular flexibility index (Phi) is 4.24. The highest BCUT2D eigenvalue weighted by atomic mass is 35.5. The highest BCUT2D eigenvalue weighted by molar-refractivity contribution is 6.30. The van der Waals surface area contributed by atoms with Crippen molar-refractivity contribution >= 4 is 17.5 Å². The number of hydrogen-bond acceptors (Lipinski definition) is 3. The van der Waals surface area contributed by atoms with Gasteiger partial charge in [-0.3, -0.25) is 14.9 Å². The van der Waals surface area contributed by atoms with Crippen LogP contribution in [0.4, 0.5) is 0 Å². The molecule has 2 aromatic heterocycles. The summed E-state index contributed by atoms with van der Waals surface area (Å²) in [6.07, 6.45) is 4.38. The molecule has 0 unspecified atom stereocenters. The van der Waals surface area contributed by atoms with Gasteiger partial charge in [-0.1, -0.05) is 23.7 Å². The molecule has 1 aliphatic rings. The molecule has 1 N–H and O–H groups in total. The predicted molar refractivity (Wildman–Crippen MR) is 96.5 cm³/mol. The summed E-state index contributed by atoms with van der Waals surface area (Å²) in [5.41, 5.74) is 3.43. The van der Waals surface area contributed by atoms with E-state index in [1.54, 1.807) is 18.5 Å². The van der Waals surface area contributed by atoms with Gasteiger partial charge in [0.05, 0.1) is 5.69 Å². The Morgan fingerprint density at radius 1 is 1.16 bits per heavy atom. The van der Waals surface area contributed by atoms with Gasteiger partial charge in [0, 0.05) is 42.0 Å². The Hall–Kier alpha value is -2.66. The molecule has 1 aromatic carbocycles. The molecule has 3 aromatic rings. The van der Waals surface area contributed by atoms with Crippen LogP contribution in [-0.4, -0.2) is 39.1 Å². The van der Waals surface area contributed by atoms with E-state index in [4.69, 9.17) is 11.6 Å². The van der Waals surface area contributed by atoms with Gasteiger partial charge >= 0.3 is 0 Å². The Morgan fingerprint density at radius 2 is 1.92 bits per heavy atom. The van der Waals surface area contributed by atoms with Crippen LogP contribution < -0.4 is 0 Å². The van der Waals surface area contributed by atoms with Gasteiger partial charge in [0.15, 0.2) is 0 Å². The third kappa shape index (κ3) is 3.28. The maximum atomic E-state index is 12.7. The third-order valence-electron chi connectivity index (χ3n) is 4.60. The molecule has 1 fully saturated rings. The molecule has 0 spiro atoms. The van der Waals surface area contributed by atoms with Gasteiger partial charge in [-0.15, -0.1) is 0 Å². The second kappa shape index (κ2) is 6.69. The fourth-order valence-electron chi connectivity index (χ4n) is 3.22. The van der Waals surface area contributed by atoms with Crippen molar-refractivity contribution in [3.05, 3.63) is 71.1 Å². The number of nitrogens with zero attached hydrogens (tertiary/aromatic N) is 3. The number of H-pyrrole nitrogens is 1. The van der Waals surface area contributed by atoms with Crippen LogP contribution in [-0.2, 0) is 0 Å². The van der Waals surface area contributed by atoms with Crippen LogP contribution in [0.25, 0.3) is 11.3 Å². The smallest absolute Gasteiger partial charge is 0.271 e. The number of hydrogen-bond donors (Lipinski definition) is 1. The summed E-state index contributed by atoms with van der Waals surface area (Å²) in [5.74, 6) is 0.341. The fraction of sp³-hybridized carbons (Fsp3) is 0.211. The molecular formula is C19H17ClN4O. The molecule has 5 nitrogen and oxygen atoms in total. The predicted octanol–water partition coefficient (Wildman–Crippen LogP) is 3.75. The van der Waals surface area contributed by atoms with Crippen molar-refractivity contribution in [3.63, 3.8) is 0 Å². The topological polar surface area (TPSA) is 61.9 Å². The van der Waals surface area contributed by atoms with E-state index in [9.17, 15) is 4.79 Å². The minimum Gasteiger partial charge on any atom is -0.337 e. The second-order valence-corrected chi connectivity index (χ2v) is 6.63. The average Bonchev–Trinajstić information content (AvgIpc) is 3.33. The number of aromatic nitrogens is 3. The Balaban J connectivity index is 1.47. The summed E-state index contributed by atoms with van der Waals surface area (Å²) in [6.45, 7) is 1.46. The molecular weight excluding hydrogens is 336 g/mol. The van der Waals surface area contributed by atoms with E-state index in [-0.39, 0.29) is 5.91 Å². The van der Waals surface area contributed by atoms with Gasteiger partial charge in [0.1, 0.15) is 5.69 Å². The summed E-state index contributed by atoms with van der Waals surface area (Å²) in [5, 5.41) is 7.85. The average molecular weight is 353 g/mol. The van der Waals surface area contributed by atoms with Crippen LogP contribution >= 0.6 is 11.6 Å². The molecule has 4 rings (SSSR count). The molecule has 1 aliphatic heterocycles. The lowest BCUT2D eigenvalue weighted by molar-refractivity contribution is 0.0785. The first-order chi connectivity index (χ1) is 12.2. The lowest BCUT2D eigenvalue weighted by Crippen LogP contribution is -2.28. The van der Waals surface area contributed by atoms with Gasteiger partial charge < -0.3 is 4.90 Å². The van der Waals surface area contributed by atoms with Crippen molar-refractivity contribution < 1.29 is 4.79 Å². The zero-order chi connectivity index (χ0) is 17.2. The maximum absolute atomic E-state index is 12.7. The van der Waals surface area contributed by atoms with E-state index >= 15 is 0 Å². The number of benzene rings is 1. The highest BCUT2D eigenvalue weighted by Crippen LogP contribution is 2.29. The van der Waals surface area contributed by atoms with E-state index in [1.165, 1.54) is 5.56 Å². The summed E-state index contributed by atoms with van der Waals surface area (Å²) >= 11 is 5.95. The molecule has 126 valence electrons. The summed E-state index contributed by atoms with van der Waals surface area (Å²) in [7, 11) is 0. The van der Waals surface area contributed by atoms with Gasteiger partial charge in [0.2, 0.25) is 0 Å². The highest BCUT2D eigenvalue weighted by Gasteiger charge is 2.28. The number of nitrogens with one attached hydrogen (secondary N) is 1. The number of likely N-dealkylation sites (tertiary alicyclic amines) is 1. The van der Waals surface area contributed by atoms with Crippen LogP contribution in [0.5, 0.6) is 0 Å². The van der Waals surface area contributed by atoms with E-state index in [0.29, 0.717) is 18.2 Å². The Bertz CT molecular complexity index is 876. The van der Waals surface area contributed by atoms with Crippen LogP contribution in [0, 0.1) is 0 Å². The number of carbonyl (C=O) groups is 1. The number of halogens is 1. The SMILES string of the molecule is O=C(c1cc(-c2ccncc2)n[nH]1)N1CC[C@@H](c2ccc(Cl)cc2)C1. The van der Waals surface area contributed by atoms with Crippen LogP contribution in [0.15, 0.2) is 54.9 Å². The van der Waals surface area contributed by atoms with Crippen molar-refractivity contribution in [2.45, 2.75) is 12.3 Å². The number of rotatable bonds is 3. The second-order valence-electron chi connectivity index (χ2n) is 6.19. The third-order valence-corrected chi connectivity index (χ3v) is 4.85. The summed E-state index contributed by atoms with van der Waals surface area (Å²) < 4.78 is 0. The molecule has 1 saturated heterocycles. The zero-order valence-corrected chi connectivity index (χ0v) is 14.3. The maximum Gasteiger partial charge on any atom is 0.271 e. The number of carbonyl (C=O) groups excluding carboxylic acids is 1. The molecule has 1 atom stereocenters. The van der Waals surface area contributed by atoms with Crippen LogP contribution in [0.1, 0.15) is 28.4 Å². The van der Waals surface area contributed by atoms with Crippen LogP contribution in [0.2, 0.25) is 5.02 Å². The van der Waals surface area contributed by atoms with E-state index in [2.05, 4.69) is 15.2 Å². The first-order valence-electron chi connectivity index (χ1n) is 8.21. The largest absolute Gasteiger partial charge is 0.337 e. The minimum absolute atomic E-state index is 0.00994. The van der Waals surface area contributed by atoms with Crippen molar-refractivity contribution in [1.29, 1.82) is 0 Å². The molecule has 6 heteroatoms. The quantitative estimate of drug-likeness (QED) is 0.780. The fourth-order valence-corrected chi connectivity index (χ4v) is 3.35. The van der Waals surface area contributed by atoms with Gasteiger partial charge in [-0.05, 0) is 42.3 Å². The summed E-state index contributed by atoms with van der Waals surface area (Å²) in [6, 6.07) is 13.4. The monoisotopic (exact) mass is 352 g/mol. The molecule has 0 aliphatic carbocycles. The summed E-state index contributed by atoms with van der Waals surface area (Å²) in [4.78, 5) is 18.6. The molecule has 0 radical (unpaired) electrons. The van der Waals surface area contributed by atoms with Crippen LogP contribution in [0.3, 0.4) is 0 Å². The first-order valence-corrected chi connectivity index (χ1v) is 8.59. The molecule has 0 saturated carbocycles. The van der Waals surface area contributed by atoms with Crippen molar-refractivity contribution in [2.75, 3.05) is 13.1 Å². The normalized spacial score (nSPS) is 17.0. The molecule has 3 heterocycles. The lowest BCUT2D eigenvalue weighted by atomic mass is 9.99. The number of pyridine rings is 1. The van der Waals surface area contributed by atoms with Gasteiger partial charge in [0.25, 0.3) is 5.91 Å². The minimum atomic E-state index is -0.00994. The first kappa shape index (κ1) is 15.8. The van der Waals surface area contributed by atoms with E-state index in [1.807, 2.05) is 41.3 Å². The van der Waals surface area contributed by atoms with Gasteiger partial charge in [-0.25, -0.2) is 0 Å². The molecule has 0 bridgehead atoms. The Morgan fingerprint density at radius 3 is 2.68 bits per heavy atom.